The van der Waals surface area contributed by atoms with Gasteiger partial charge in [0.25, 0.3) is 0 Å². The van der Waals surface area contributed by atoms with Gasteiger partial charge in [0.2, 0.25) is 5.91 Å². The van der Waals surface area contributed by atoms with E-state index in [0.29, 0.717) is 6.54 Å². The summed E-state index contributed by atoms with van der Waals surface area (Å²) in [7, 11) is 4.03. The molecule has 1 unspecified atom stereocenters. The highest BCUT2D eigenvalue weighted by Gasteiger charge is 2.13. The summed E-state index contributed by atoms with van der Waals surface area (Å²) in [5.74, 6) is 0.869. The van der Waals surface area contributed by atoms with E-state index in [4.69, 9.17) is 0 Å². The third kappa shape index (κ3) is 5.64. The minimum Gasteiger partial charge on any atom is -0.378 e. The Morgan fingerprint density at radius 3 is 2.57 bits per heavy atom. The maximum Gasteiger partial charge on any atom is 0.223 e. The second-order valence-corrected chi connectivity index (χ2v) is 6.90. The molecule has 0 saturated heterocycles. The molecular weight excluding hydrogens is 304 g/mol. The molecule has 3 nitrogen and oxygen atoms in total. The summed E-state index contributed by atoms with van der Waals surface area (Å²) in [4.78, 5) is 15.5. The highest BCUT2D eigenvalue weighted by Crippen LogP contribution is 2.20. The molecule has 0 heterocycles. The van der Waals surface area contributed by atoms with Crippen LogP contribution >= 0.6 is 11.8 Å². The molecular formula is C19H24N2OS. The van der Waals surface area contributed by atoms with Gasteiger partial charge in [0, 0.05) is 42.9 Å². The second kappa shape index (κ2) is 8.63. The van der Waals surface area contributed by atoms with E-state index < -0.39 is 0 Å². The summed E-state index contributed by atoms with van der Waals surface area (Å²) in [6.45, 7) is 2.54. The Bertz CT molecular complexity index is 628. The number of rotatable bonds is 7. The molecule has 1 N–H and O–H groups in total. The smallest absolute Gasteiger partial charge is 0.223 e. The molecule has 0 aliphatic heterocycles. The highest BCUT2D eigenvalue weighted by atomic mass is 32.2. The van der Waals surface area contributed by atoms with Crippen LogP contribution in [-0.4, -0.2) is 25.8 Å². The lowest BCUT2D eigenvalue weighted by Crippen LogP contribution is -2.30. The van der Waals surface area contributed by atoms with E-state index >= 15 is 0 Å². The molecule has 0 aliphatic carbocycles. The number of carbonyl (C=O) groups excluding carboxylic acids is 1. The Hall–Kier alpha value is -1.94. The first-order valence-electron chi connectivity index (χ1n) is 7.78. The summed E-state index contributed by atoms with van der Waals surface area (Å²) < 4.78 is 0. The number of benzene rings is 2. The van der Waals surface area contributed by atoms with Gasteiger partial charge in [-0.15, -0.1) is 11.8 Å². The van der Waals surface area contributed by atoms with Crippen molar-refractivity contribution in [2.24, 2.45) is 5.92 Å². The maximum absolute atomic E-state index is 12.2. The maximum atomic E-state index is 12.2. The molecule has 23 heavy (non-hydrogen) atoms. The molecule has 0 saturated carbocycles. The average Bonchev–Trinajstić information content (AvgIpc) is 2.58. The Morgan fingerprint density at radius 2 is 1.87 bits per heavy atom. The van der Waals surface area contributed by atoms with Crippen molar-refractivity contribution in [2.75, 3.05) is 24.7 Å². The van der Waals surface area contributed by atoms with Crippen molar-refractivity contribution >= 4 is 23.4 Å². The van der Waals surface area contributed by atoms with Crippen molar-refractivity contribution in [3.8, 4) is 0 Å². The van der Waals surface area contributed by atoms with Gasteiger partial charge in [-0.05, 0) is 29.8 Å². The Kier molecular flexibility index (Phi) is 6.53. The third-order valence-electron chi connectivity index (χ3n) is 3.58. The number of amides is 1. The number of nitrogens with zero attached hydrogens (tertiary/aromatic N) is 1. The van der Waals surface area contributed by atoms with Gasteiger partial charge < -0.3 is 10.2 Å². The summed E-state index contributed by atoms with van der Waals surface area (Å²) >= 11 is 1.72. The Labute approximate surface area is 143 Å². The summed E-state index contributed by atoms with van der Waals surface area (Å²) in [6.07, 6.45) is 0. The standard InChI is InChI=1S/C19H24N2OS/c1-15(14-23-18-10-5-4-6-11-18)19(22)20-13-16-8-7-9-17(12-16)21(2)3/h4-12,15H,13-14H2,1-3H3,(H,20,22). The van der Waals surface area contributed by atoms with E-state index in [1.54, 1.807) is 11.8 Å². The lowest BCUT2D eigenvalue weighted by atomic mass is 10.1. The van der Waals surface area contributed by atoms with Crippen molar-refractivity contribution < 1.29 is 4.79 Å². The molecule has 2 rings (SSSR count). The third-order valence-corrected chi connectivity index (χ3v) is 4.86. The Balaban J connectivity index is 1.81. The average molecular weight is 328 g/mol. The van der Waals surface area contributed by atoms with E-state index in [-0.39, 0.29) is 11.8 Å². The summed E-state index contributed by atoms with van der Waals surface area (Å²) in [6, 6.07) is 18.4. The summed E-state index contributed by atoms with van der Waals surface area (Å²) in [5.41, 5.74) is 2.26. The van der Waals surface area contributed by atoms with Gasteiger partial charge in [0.05, 0.1) is 0 Å². The quantitative estimate of drug-likeness (QED) is 0.785. The molecule has 0 radical (unpaired) electrons. The van der Waals surface area contributed by atoms with Crippen molar-refractivity contribution in [3.05, 3.63) is 60.2 Å². The minimum absolute atomic E-state index is 0.0164. The number of anilines is 1. The topological polar surface area (TPSA) is 32.3 Å². The molecule has 0 aromatic heterocycles. The van der Waals surface area contributed by atoms with Crippen LogP contribution in [0, 0.1) is 5.92 Å². The van der Waals surface area contributed by atoms with Gasteiger partial charge >= 0.3 is 0 Å². The first-order valence-corrected chi connectivity index (χ1v) is 8.76. The number of nitrogens with one attached hydrogen (secondary N) is 1. The zero-order valence-corrected chi connectivity index (χ0v) is 14.8. The first-order chi connectivity index (χ1) is 11.1. The molecule has 2 aromatic carbocycles. The van der Waals surface area contributed by atoms with E-state index in [2.05, 4.69) is 34.5 Å². The van der Waals surface area contributed by atoms with Crippen LogP contribution in [-0.2, 0) is 11.3 Å². The van der Waals surface area contributed by atoms with Crippen molar-refractivity contribution in [1.82, 2.24) is 5.32 Å². The summed E-state index contributed by atoms with van der Waals surface area (Å²) in [5, 5.41) is 3.03. The van der Waals surface area contributed by atoms with Gasteiger partial charge in [0.1, 0.15) is 0 Å². The van der Waals surface area contributed by atoms with Crippen LogP contribution in [0.25, 0.3) is 0 Å². The fourth-order valence-corrected chi connectivity index (χ4v) is 3.07. The monoisotopic (exact) mass is 328 g/mol. The van der Waals surface area contributed by atoms with Crippen molar-refractivity contribution in [2.45, 2.75) is 18.4 Å². The van der Waals surface area contributed by atoms with Crippen LogP contribution < -0.4 is 10.2 Å². The largest absolute Gasteiger partial charge is 0.378 e. The number of carbonyl (C=O) groups is 1. The zero-order chi connectivity index (χ0) is 16.7. The second-order valence-electron chi connectivity index (χ2n) is 5.81. The molecule has 0 aliphatic rings. The predicted molar refractivity (Wildman–Crippen MR) is 98.9 cm³/mol. The molecule has 0 bridgehead atoms. The lowest BCUT2D eigenvalue weighted by molar-refractivity contribution is -0.124. The SMILES string of the molecule is CC(CSc1ccccc1)C(=O)NCc1cccc(N(C)C)c1. The fourth-order valence-electron chi connectivity index (χ4n) is 2.12. The molecule has 0 fully saturated rings. The molecule has 0 spiro atoms. The molecule has 122 valence electrons. The van der Waals surface area contributed by atoms with E-state index in [9.17, 15) is 4.79 Å². The number of thioether (sulfide) groups is 1. The van der Waals surface area contributed by atoms with Crippen LogP contribution in [0.4, 0.5) is 5.69 Å². The van der Waals surface area contributed by atoms with Crippen molar-refractivity contribution in [1.29, 1.82) is 0 Å². The highest BCUT2D eigenvalue weighted by molar-refractivity contribution is 7.99. The minimum atomic E-state index is -0.0164. The van der Waals surface area contributed by atoms with Crippen LogP contribution in [0.15, 0.2) is 59.5 Å². The Morgan fingerprint density at radius 1 is 1.13 bits per heavy atom. The van der Waals surface area contributed by atoms with Gasteiger partial charge in [-0.3, -0.25) is 4.79 Å². The van der Waals surface area contributed by atoms with E-state index in [0.717, 1.165) is 17.0 Å². The van der Waals surface area contributed by atoms with Gasteiger partial charge in [-0.1, -0.05) is 37.3 Å². The number of hydrogen-bond acceptors (Lipinski definition) is 3. The van der Waals surface area contributed by atoms with E-state index in [1.807, 2.05) is 51.4 Å². The van der Waals surface area contributed by atoms with Crippen LogP contribution in [0.1, 0.15) is 12.5 Å². The van der Waals surface area contributed by atoms with Gasteiger partial charge in [-0.25, -0.2) is 0 Å². The molecule has 4 heteroatoms. The first kappa shape index (κ1) is 17.4. The fraction of sp³-hybridized carbons (Fsp3) is 0.316. The van der Waals surface area contributed by atoms with Crippen LogP contribution in [0.2, 0.25) is 0 Å². The molecule has 1 atom stereocenters. The number of hydrogen-bond donors (Lipinski definition) is 1. The van der Waals surface area contributed by atoms with Gasteiger partial charge in [0.15, 0.2) is 0 Å². The van der Waals surface area contributed by atoms with Gasteiger partial charge in [-0.2, -0.15) is 0 Å². The van der Waals surface area contributed by atoms with Crippen LogP contribution in [0.3, 0.4) is 0 Å². The lowest BCUT2D eigenvalue weighted by Gasteiger charge is -2.15. The zero-order valence-electron chi connectivity index (χ0n) is 14.0. The predicted octanol–water partition coefficient (Wildman–Crippen LogP) is 3.80. The van der Waals surface area contributed by atoms with E-state index in [1.165, 1.54) is 4.90 Å². The normalized spacial score (nSPS) is 11.8. The molecule has 1 amide bonds. The molecule has 2 aromatic rings. The van der Waals surface area contributed by atoms with Crippen LogP contribution in [0.5, 0.6) is 0 Å². The van der Waals surface area contributed by atoms with Crippen molar-refractivity contribution in [3.63, 3.8) is 0 Å².